The smallest absolute Gasteiger partial charge is 0.271 e. The first-order chi connectivity index (χ1) is 6.54. The van der Waals surface area contributed by atoms with Crippen molar-refractivity contribution in [2.45, 2.75) is 0 Å². The number of non-ortho nitro benzene ring substituents is 1. The molecule has 0 saturated carbocycles. The van der Waals surface area contributed by atoms with Gasteiger partial charge in [0.25, 0.3) is 5.69 Å². The van der Waals surface area contributed by atoms with Crippen LogP contribution in [0.2, 0.25) is 0 Å². The Balaban J connectivity index is 3.26. The molecule has 0 aliphatic carbocycles. The van der Waals surface area contributed by atoms with Gasteiger partial charge in [-0.1, -0.05) is 22.5 Å². The van der Waals surface area contributed by atoms with Gasteiger partial charge in [0.05, 0.1) is 4.92 Å². The highest BCUT2D eigenvalue weighted by Crippen LogP contribution is 2.21. The lowest BCUT2D eigenvalue weighted by Crippen LogP contribution is -1.96. The summed E-state index contributed by atoms with van der Waals surface area (Å²) in [6.45, 7) is 3.31. The molecule has 1 aromatic carbocycles. The van der Waals surface area contributed by atoms with Gasteiger partial charge in [-0.3, -0.25) is 14.9 Å². The molecule has 0 bridgehead atoms. The molecule has 0 spiro atoms. The van der Waals surface area contributed by atoms with Crippen molar-refractivity contribution >= 4 is 27.4 Å². The Labute approximate surface area is 88.5 Å². The second kappa shape index (κ2) is 4.15. The molecule has 0 N–H and O–H groups in total. The van der Waals surface area contributed by atoms with Crippen LogP contribution in [0.15, 0.2) is 35.3 Å². The van der Waals surface area contributed by atoms with E-state index in [4.69, 9.17) is 0 Å². The van der Waals surface area contributed by atoms with E-state index in [9.17, 15) is 14.9 Å². The molecule has 0 fully saturated rings. The van der Waals surface area contributed by atoms with Gasteiger partial charge in [-0.15, -0.1) is 0 Å². The van der Waals surface area contributed by atoms with Crippen LogP contribution in [-0.4, -0.2) is 10.7 Å². The predicted molar refractivity (Wildman–Crippen MR) is 55.3 cm³/mol. The molecule has 1 aromatic rings. The van der Waals surface area contributed by atoms with Gasteiger partial charge in [-0.05, 0) is 12.1 Å². The van der Waals surface area contributed by atoms with Crippen LogP contribution < -0.4 is 0 Å². The van der Waals surface area contributed by atoms with Crippen LogP contribution >= 0.6 is 15.9 Å². The molecule has 4 nitrogen and oxygen atoms in total. The molecule has 0 amide bonds. The Morgan fingerprint density at radius 1 is 1.50 bits per heavy atom. The van der Waals surface area contributed by atoms with Crippen molar-refractivity contribution in [1.82, 2.24) is 0 Å². The zero-order valence-electron chi connectivity index (χ0n) is 7.07. The molecular formula is C9H6BrNO3. The van der Waals surface area contributed by atoms with Gasteiger partial charge in [-0.2, -0.15) is 0 Å². The Morgan fingerprint density at radius 2 is 2.14 bits per heavy atom. The molecule has 0 unspecified atom stereocenters. The average molecular weight is 256 g/mol. The fourth-order valence-electron chi connectivity index (χ4n) is 0.940. The number of allylic oxidation sites excluding steroid dienone is 1. The fourth-order valence-corrected chi connectivity index (χ4v) is 1.42. The summed E-state index contributed by atoms with van der Waals surface area (Å²) in [4.78, 5) is 21.1. The van der Waals surface area contributed by atoms with E-state index in [-0.39, 0.29) is 17.0 Å². The molecule has 72 valence electrons. The quantitative estimate of drug-likeness (QED) is 0.361. The number of rotatable bonds is 3. The number of ketones is 1. The number of nitro groups is 1. The Bertz CT molecular complexity index is 415. The third kappa shape index (κ3) is 2.26. The van der Waals surface area contributed by atoms with Crippen LogP contribution in [0.4, 0.5) is 5.69 Å². The standard InChI is InChI=1S/C9H6BrNO3/c1-2-9(12)6-3-7(10)5-8(4-6)11(13)14/h2-5H,1H2. The number of hydrogen-bond acceptors (Lipinski definition) is 3. The molecule has 14 heavy (non-hydrogen) atoms. The lowest BCUT2D eigenvalue weighted by molar-refractivity contribution is -0.384. The molecule has 0 radical (unpaired) electrons. The normalized spacial score (nSPS) is 9.50. The van der Waals surface area contributed by atoms with Crippen molar-refractivity contribution in [2.24, 2.45) is 0 Å². The van der Waals surface area contributed by atoms with Gasteiger partial charge in [0.2, 0.25) is 0 Å². The summed E-state index contributed by atoms with van der Waals surface area (Å²) in [6.07, 6.45) is 1.12. The summed E-state index contributed by atoms with van der Waals surface area (Å²) in [6, 6.07) is 4.06. The van der Waals surface area contributed by atoms with Crippen molar-refractivity contribution < 1.29 is 9.72 Å². The monoisotopic (exact) mass is 255 g/mol. The van der Waals surface area contributed by atoms with Crippen molar-refractivity contribution in [3.63, 3.8) is 0 Å². The zero-order valence-corrected chi connectivity index (χ0v) is 8.65. The first-order valence-electron chi connectivity index (χ1n) is 3.66. The number of carbonyl (C=O) groups is 1. The van der Waals surface area contributed by atoms with Crippen LogP contribution in [0.3, 0.4) is 0 Å². The maximum atomic E-state index is 11.2. The SMILES string of the molecule is C=CC(=O)c1cc(Br)cc([N+](=O)[O-])c1. The third-order valence-electron chi connectivity index (χ3n) is 1.56. The Kier molecular flexibility index (Phi) is 3.14. The fraction of sp³-hybridized carbons (Fsp3) is 0. The van der Waals surface area contributed by atoms with E-state index in [2.05, 4.69) is 22.5 Å². The minimum atomic E-state index is -0.551. The molecule has 0 aliphatic rings. The average Bonchev–Trinajstić information content (AvgIpc) is 2.15. The van der Waals surface area contributed by atoms with Crippen LogP contribution in [-0.2, 0) is 0 Å². The van der Waals surface area contributed by atoms with E-state index in [0.717, 1.165) is 6.08 Å². The number of hydrogen-bond donors (Lipinski definition) is 0. The third-order valence-corrected chi connectivity index (χ3v) is 2.02. The molecule has 0 saturated heterocycles. The zero-order chi connectivity index (χ0) is 10.7. The molecule has 5 heteroatoms. The molecule has 0 atom stereocenters. The van der Waals surface area contributed by atoms with Crippen LogP contribution in [0.25, 0.3) is 0 Å². The van der Waals surface area contributed by atoms with Gasteiger partial charge in [0.15, 0.2) is 5.78 Å². The number of benzene rings is 1. The van der Waals surface area contributed by atoms with Gasteiger partial charge in [0, 0.05) is 22.2 Å². The van der Waals surface area contributed by atoms with E-state index < -0.39 is 4.92 Å². The Morgan fingerprint density at radius 3 is 2.64 bits per heavy atom. The number of nitro benzene ring substituents is 1. The van der Waals surface area contributed by atoms with Gasteiger partial charge >= 0.3 is 0 Å². The molecule has 0 aliphatic heterocycles. The van der Waals surface area contributed by atoms with Crippen LogP contribution in [0, 0.1) is 10.1 Å². The van der Waals surface area contributed by atoms with Gasteiger partial charge < -0.3 is 0 Å². The molecule has 0 aromatic heterocycles. The first-order valence-corrected chi connectivity index (χ1v) is 4.45. The Hall–Kier alpha value is -1.49. The predicted octanol–water partition coefficient (Wildman–Crippen LogP) is 2.73. The van der Waals surface area contributed by atoms with Gasteiger partial charge in [0.1, 0.15) is 0 Å². The highest BCUT2D eigenvalue weighted by atomic mass is 79.9. The second-order valence-electron chi connectivity index (χ2n) is 2.52. The van der Waals surface area contributed by atoms with E-state index in [1.165, 1.54) is 18.2 Å². The maximum Gasteiger partial charge on any atom is 0.271 e. The van der Waals surface area contributed by atoms with E-state index in [1.807, 2.05) is 0 Å². The topological polar surface area (TPSA) is 60.2 Å². The largest absolute Gasteiger partial charge is 0.289 e. The lowest BCUT2D eigenvalue weighted by Gasteiger charge is -1.97. The molecular weight excluding hydrogens is 250 g/mol. The highest BCUT2D eigenvalue weighted by Gasteiger charge is 2.11. The summed E-state index contributed by atoms with van der Waals surface area (Å²) in [5.41, 5.74) is 0.130. The van der Waals surface area contributed by atoms with E-state index in [0.29, 0.717) is 4.47 Å². The lowest BCUT2D eigenvalue weighted by atomic mass is 10.1. The summed E-state index contributed by atoms with van der Waals surface area (Å²) < 4.78 is 0.497. The van der Waals surface area contributed by atoms with Crippen molar-refractivity contribution in [1.29, 1.82) is 0 Å². The van der Waals surface area contributed by atoms with E-state index >= 15 is 0 Å². The van der Waals surface area contributed by atoms with Crippen LogP contribution in [0.5, 0.6) is 0 Å². The summed E-state index contributed by atoms with van der Waals surface area (Å²) in [5, 5.41) is 10.5. The van der Waals surface area contributed by atoms with Gasteiger partial charge in [-0.25, -0.2) is 0 Å². The van der Waals surface area contributed by atoms with Crippen molar-refractivity contribution in [2.75, 3.05) is 0 Å². The number of carbonyl (C=O) groups excluding carboxylic acids is 1. The molecule has 1 rings (SSSR count). The maximum absolute atomic E-state index is 11.2. The van der Waals surface area contributed by atoms with Crippen molar-refractivity contribution in [3.05, 3.63) is 51.0 Å². The van der Waals surface area contributed by atoms with Crippen LogP contribution in [0.1, 0.15) is 10.4 Å². The first kappa shape index (κ1) is 10.6. The number of halogens is 1. The summed E-state index contributed by atoms with van der Waals surface area (Å²) in [7, 11) is 0. The number of nitrogens with zero attached hydrogens (tertiary/aromatic N) is 1. The highest BCUT2D eigenvalue weighted by molar-refractivity contribution is 9.10. The second-order valence-corrected chi connectivity index (χ2v) is 3.44. The minimum absolute atomic E-state index is 0.121. The molecule has 0 heterocycles. The summed E-state index contributed by atoms with van der Waals surface area (Å²) >= 11 is 3.09. The van der Waals surface area contributed by atoms with E-state index in [1.54, 1.807) is 0 Å². The van der Waals surface area contributed by atoms with Crippen molar-refractivity contribution in [3.8, 4) is 0 Å². The summed E-state index contributed by atoms with van der Waals surface area (Å²) in [5.74, 6) is -0.339. The minimum Gasteiger partial charge on any atom is -0.289 e.